The van der Waals surface area contributed by atoms with Crippen LogP contribution in [0.15, 0.2) is 18.2 Å². The van der Waals surface area contributed by atoms with Crippen LogP contribution in [0, 0.1) is 0 Å². The Labute approximate surface area is 125 Å². The second kappa shape index (κ2) is 8.04. The predicted octanol–water partition coefficient (Wildman–Crippen LogP) is 2.88. The summed E-state index contributed by atoms with van der Waals surface area (Å²) in [5.41, 5.74) is 6.94. The molecular formula is C15H24N2O2S. The van der Waals surface area contributed by atoms with E-state index in [4.69, 9.17) is 10.5 Å². The fourth-order valence-electron chi connectivity index (χ4n) is 1.90. The number of amides is 1. The third-order valence-electron chi connectivity index (χ3n) is 3.29. The van der Waals surface area contributed by atoms with Crippen LogP contribution in [0.2, 0.25) is 0 Å². The molecule has 1 atom stereocenters. The Balaban J connectivity index is 2.93. The van der Waals surface area contributed by atoms with Crippen molar-refractivity contribution in [2.24, 2.45) is 0 Å². The van der Waals surface area contributed by atoms with Crippen LogP contribution in [0.5, 0.6) is 5.75 Å². The normalized spacial score (nSPS) is 12.0. The Morgan fingerprint density at radius 3 is 2.80 bits per heavy atom. The van der Waals surface area contributed by atoms with Gasteiger partial charge in [-0.15, -0.1) is 0 Å². The van der Waals surface area contributed by atoms with Crippen LogP contribution in [0.25, 0.3) is 0 Å². The third-order valence-corrected chi connectivity index (χ3v) is 3.93. The van der Waals surface area contributed by atoms with E-state index in [-0.39, 0.29) is 11.9 Å². The molecule has 112 valence electrons. The van der Waals surface area contributed by atoms with Crippen LogP contribution in [0.3, 0.4) is 0 Å². The van der Waals surface area contributed by atoms with Crippen LogP contribution in [0.4, 0.5) is 5.69 Å². The van der Waals surface area contributed by atoms with Crippen molar-refractivity contribution < 1.29 is 9.53 Å². The minimum atomic E-state index is -0.0469. The number of ether oxygens (including phenoxy) is 1. The van der Waals surface area contributed by atoms with Gasteiger partial charge in [-0.05, 0) is 44.4 Å². The van der Waals surface area contributed by atoms with Gasteiger partial charge in [-0.2, -0.15) is 11.8 Å². The highest BCUT2D eigenvalue weighted by Gasteiger charge is 2.21. The molecule has 0 saturated carbocycles. The molecule has 0 aliphatic rings. The van der Waals surface area contributed by atoms with Crippen LogP contribution in [-0.4, -0.2) is 42.5 Å². The number of para-hydroxylation sites is 1. The Morgan fingerprint density at radius 2 is 2.20 bits per heavy atom. The van der Waals surface area contributed by atoms with Gasteiger partial charge in [0.2, 0.25) is 0 Å². The monoisotopic (exact) mass is 296 g/mol. The molecule has 20 heavy (non-hydrogen) atoms. The summed E-state index contributed by atoms with van der Waals surface area (Å²) in [6.45, 7) is 4.42. The van der Waals surface area contributed by atoms with Gasteiger partial charge in [0.05, 0.1) is 17.9 Å². The average Bonchev–Trinajstić information content (AvgIpc) is 2.45. The zero-order valence-corrected chi connectivity index (χ0v) is 13.5. The maximum absolute atomic E-state index is 12.6. The second-order valence-electron chi connectivity index (χ2n) is 4.70. The van der Waals surface area contributed by atoms with E-state index in [9.17, 15) is 4.79 Å². The molecule has 1 unspecified atom stereocenters. The summed E-state index contributed by atoms with van der Waals surface area (Å²) in [7, 11) is 1.83. The molecule has 0 radical (unpaired) electrons. The zero-order chi connectivity index (χ0) is 15.1. The van der Waals surface area contributed by atoms with Gasteiger partial charge in [0.15, 0.2) is 5.75 Å². The van der Waals surface area contributed by atoms with Crippen molar-refractivity contribution in [3.05, 3.63) is 23.8 Å². The van der Waals surface area contributed by atoms with Gasteiger partial charge in [0.1, 0.15) is 0 Å². The van der Waals surface area contributed by atoms with E-state index in [2.05, 4.69) is 13.2 Å². The molecular weight excluding hydrogens is 272 g/mol. The summed E-state index contributed by atoms with van der Waals surface area (Å²) in [6, 6.07) is 5.48. The number of nitrogen functional groups attached to an aromatic ring is 1. The average molecular weight is 296 g/mol. The predicted molar refractivity (Wildman–Crippen MR) is 86.6 cm³/mol. The number of carbonyl (C=O) groups is 1. The van der Waals surface area contributed by atoms with Crippen LogP contribution in [0.1, 0.15) is 30.6 Å². The molecule has 0 bridgehead atoms. The van der Waals surface area contributed by atoms with Gasteiger partial charge < -0.3 is 15.4 Å². The number of thioether (sulfide) groups is 1. The van der Waals surface area contributed by atoms with Gasteiger partial charge in [-0.1, -0.05) is 6.07 Å². The third kappa shape index (κ3) is 4.07. The number of hydrogen-bond acceptors (Lipinski definition) is 4. The number of benzene rings is 1. The van der Waals surface area contributed by atoms with Crippen molar-refractivity contribution in [1.29, 1.82) is 0 Å². The summed E-state index contributed by atoms with van der Waals surface area (Å²) in [5, 5.41) is 0. The van der Waals surface area contributed by atoms with E-state index in [1.165, 1.54) is 0 Å². The van der Waals surface area contributed by atoms with Crippen LogP contribution in [-0.2, 0) is 0 Å². The summed E-state index contributed by atoms with van der Waals surface area (Å²) >= 11 is 1.79. The molecule has 0 spiro atoms. The first-order valence-corrected chi connectivity index (χ1v) is 8.19. The highest BCUT2D eigenvalue weighted by molar-refractivity contribution is 7.98. The molecule has 1 aromatic rings. The number of carbonyl (C=O) groups excluding carboxylic acids is 1. The highest BCUT2D eigenvalue weighted by Crippen LogP contribution is 2.28. The van der Waals surface area contributed by atoms with Gasteiger partial charge >= 0.3 is 0 Å². The Hall–Kier alpha value is -1.36. The van der Waals surface area contributed by atoms with Crippen molar-refractivity contribution in [2.45, 2.75) is 26.3 Å². The molecule has 0 aliphatic heterocycles. The van der Waals surface area contributed by atoms with E-state index in [0.717, 1.165) is 12.2 Å². The minimum Gasteiger partial charge on any atom is -0.491 e. The lowest BCUT2D eigenvalue weighted by Gasteiger charge is -2.26. The van der Waals surface area contributed by atoms with Gasteiger partial charge in [-0.3, -0.25) is 4.79 Å². The van der Waals surface area contributed by atoms with E-state index in [0.29, 0.717) is 23.6 Å². The Morgan fingerprint density at radius 1 is 1.50 bits per heavy atom. The SMILES string of the molecule is CCOc1c(N)cccc1C(=O)N(C)C(C)CCSC. The zero-order valence-electron chi connectivity index (χ0n) is 12.7. The van der Waals surface area contributed by atoms with Crippen molar-refractivity contribution in [3.8, 4) is 5.75 Å². The summed E-state index contributed by atoms with van der Waals surface area (Å²) < 4.78 is 5.52. The molecule has 0 heterocycles. The van der Waals surface area contributed by atoms with E-state index < -0.39 is 0 Å². The number of anilines is 1. The standard InChI is InChI=1S/C15H24N2O2S/c1-5-19-14-12(7-6-8-13(14)16)15(18)17(3)11(2)9-10-20-4/h6-8,11H,5,9-10,16H2,1-4H3. The lowest BCUT2D eigenvalue weighted by Crippen LogP contribution is -2.35. The number of nitrogens with zero attached hydrogens (tertiary/aromatic N) is 1. The first-order valence-electron chi connectivity index (χ1n) is 6.80. The van der Waals surface area contributed by atoms with Crippen molar-refractivity contribution in [2.75, 3.05) is 31.4 Å². The molecule has 0 aliphatic carbocycles. The highest BCUT2D eigenvalue weighted by atomic mass is 32.2. The number of nitrogens with two attached hydrogens (primary N) is 1. The van der Waals surface area contributed by atoms with Crippen LogP contribution < -0.4 is 10.5 Å². The molecule has 1 rings (SSSR count). The summed E-state index contributed by atoms with van der Waals surface area (Å²) in [6.07, 6.45) is 3.04. The summed E-state index contributed by atoms with van der Waals surface area (Å²) in [4.78, 5) is 14.3. The molecule has 4 nitrogen and oxygen atoms in total. The lowest BCUT2D eigenvalue weighted by molar-refractivity contribution is 0.0737. The molecule has 1 amide bonds. The van der Waals surface area contributed by atoms with Crippen LogP contribution >= 0.6 is 11.8 Å². The fourth-order valence-corrected chi connectivity index (χ4v) is 2.48. The second-order valence-corrected chi connectivity index (χ2v) is 5.69. The topological polar surface area (TPSA) is 55.6 Å². The van der Waals surface area contributed by atoms with Gasteiger partial charge in [-0.25, -0.2) is 0 Å². The van der Waals surface area contributed by atoms with E-state index in [1.807, 2.05) is 14.0 Å². The molecule has 2 N–H and O–H groups in total. The first-order chi connectivity index (χ1) is 9.52. The smallest absolute Gasteiger partial charge is 0.257 e. The van der Waals surface area contributed by atoms with Crippen molar-refractivity contribution >= 4 is 23.4 Å². The maximum Gasteiger partial charge on any atom is 0.257 e. The maximum atomic E-state index is 12.6. The lowest BCUT2D eigenvalue weighted by atomic mass is 10.1. The fraction of sp³-hybridized carbons (Fsp3) is 0.533. The van der Waals surface area contributed by atoms with Gasteiger partial charge in [0.25, 0.3) is 5.91 Å². The van der Waals surface area contributed by atoms with Crippen molar-refractivity contribution in [1.82, 2.24) is 4.90 Å². The van der Waals surface area contributed by atoms with E-state index >= 15 is 0 Å². The van der Waals surface area contributed by atoms with E-state index in [1.54, 1.807) is 34.9 Å². The van der Waals surface area contributed by atoms with Gasteiger partial charge in [0, 0.05) is 13.1 Å². The quantitative estimate of drug-likeness (QED) is 0.786. The molecule has 0 fully saturated rings. The Kier molecular flexibility index (Phi) is 6.71. The number of hydrogen-bond donors (Lipinski definition) is 1. The molecule has 5 heteroatoms. The number of rotatable bonds is 7. The molecule has 0 aromatic heterocycles. The Bertz CT molecular complexity index is 451. The first kappa shape index (κ1) is 16.7. The molecule has 0 saturated heterocycles. The largest absolute Gasteiger partial charge is 0.491 e. The van der Waals surface area contributed by atoms with Crippen molar-refractivity contribution in [3.63, 3.8) is 0 Å². The summed E-state index contributed by atoms with van der Waals surface area (Å²) in [5.74, 6) is 1.48. The minimum absolute atomic E-state index is 0.0469. The molecule has 1 aromatic carbocycles.